The van der Waals surface area contributed by atoms with Crippen LogP contribution in [0.3, 0.4) is 0 Å². The van der Waals surface area contributed by atoms with Crippen LogP contribution in [-0.2, 0) is 28.5 Å². The lowest BCUT2D eigenvalue weighted by Gasteiger charge is -2.24. The standard InChI is InChI=1S/C18H20O4/c19-18(20,16-8-2-1-3-9-16)11-10-17-21-12-14-6-4-5-7-15(14)13-22-17/h1-9,17,19-20H,10-13H2. The first kappa shape index (κ1) is 15.2. The van der Waals surface area contributed by atoms with Crippen molar-refractivity contribution < 1.29 is 19.7 Å². The van der Waals surface area contributed by atoms with Crippen molar-refractivity contribution in [3.05, 3.63) is 71.3 Å². The Labute approximate surface area is 129 Å². The van der Waals surface area contributed by atoms with E-state index in [-0.39, 0.29) is 6.42 Å². The van der Waals surface area contributed by atoms with E-state index in [0.29, 0.717) is 25.2 Å². The Hall–Kier alpha value is -1.72. The molecule has 4 nitrogen and oxygen atoms in total. The van der Waals surface area contributed by atoms with Gasteiger partial charge in [-0.05, 0) is 11.1 Å². The molecule has 0 saturated heterocycles. The third-order valence-electron chi connectivity index (χ3n) is 3.93. The molecule has 0 spiro atoms. The molecule has 0 atom stereocenters. The second kappa shape index (κ2) is 6.58. The van der Waals surface area contributed by atoms with Crippen LogP contribution in [0.15, 0.2) is 54.6 Å². The molecule has 2 aromatic rings. The van der Waals surface area contributed by atoms with Crippen molar-refractivity contribution in [2.45, 2.75) is 38.1 Å². The summed E-state index contributed by atoms with van der Waals surface area (Å²) in [5.74, 6) is -1.87. The van der Waals surface area contributed by atoms with Gasteiger partial charge in [0.1, 0.15) is 0 Å². The first-order chi connectivity index (χ1) is 10.6. The molecule has 1 aliphatic heterocycles. The summed E-state index contributed by atoms with van der Waals surface area (Å²) in [6.45, 7) is 0.964. The summed E-state index contributed by atoms with van der Waals surface area (Å²) in [7, 11) is 0. The minimum atomic E-state index is -1.87. The summed E-state index contributed by atoms with van der Waals surface area (Å²) in [5, 5.41) is 20.4. The van der Waals surface area contributed by atoms with Crippen molar-refractivity contribution in [1.29, 1.82) is 0 Å². The largest absolute Gasteiger partial charge is 0.362 e. The van der Waals surface area contributed by atoms with Gasteiger partial charge < -0.3 is 19.7 Å². The lowest BCUT2D eigenvalue weighted by molar-refractivity contribution is -0.203. The van der Waals surface area contributed by atoms with Crippen molar-refractivity contribution in [3.8, 4) is 0 Å². The van der Waals surface area contributed by atoms with E-state index in [9.17, 15) is 10.2 Å². The van der Waals surface area contributed by atoms with E-state index in [2.05, 4.69) is 0 Å². The van der Waals surface area contributed by atoms with Gasteiger partial charge in [0.2, 0.25) is 0 Å². The molecule has 0 amide bonds. The second-order valence-corrected chi connectivity index (χ2v) is 5.54. The Bertz CT molecular complexity index is 582. The van der Waals surface area contributed by atoms with Crippen molar-refractivity contribution >= 4 is 0 Å². The maximum absolute atomic E-state index is 10.2. The normalized spacial score (nSPS) is 16.1. The van der Waals surface area contributed by atoms with Gasteiger partial charge in [-0.2, -0.15) is 0 Å². The van der Waals surface area contributed by atoms with Crippen LogP contribution < -0.4 is 0 Å². The molecule has 0 radical (unpaired) electrons. The van der Waals surface area contributed by atoms with E-state index in [1.807, 2.05) is 30.3 Å². The van der Waals surface area contributed by atoms with Crippen LogP contribution in [0.2, 0.25) is 0 Å². The quantitative estimate of drug-likeness (QED) is 0.852. The highest BCUT2D eigenvalue weighted by Gasteiger charge is 2.28. The van der Waals surface area contributed by atoms with E-state index >= 15 is 0 Å². The monoisotopic (exact) mass is 300 g/mol. The Balaban J connectivity index is 1.59. The fourth-order valence-electron chi connectivity index (χ4n) is 2.59. The van der Waals surface area contributed by atoms with E-state index in [4.69, 9.17) is 9.47 Å². The van der Waals surface area contributed by atoms with Gasteiger partial charge in [0.25, 0.3) is 0 Å². The Morgan fingerprint density at radius 2 is 1.41 bits per heavy atom. The maximum Gasteiger partial charge on any atom is 0.189 e. The zero-order valence-electron chi connectivity index (χ0n) is 12.3. The van der Waals surface area contributed by atoms with E-state index < -0.39 is 12.1 Å². The minimum Gasteiger partial charge on any atom is -0.362 e. The number of ether oxygens (including phenoxy) is 2. The van der Waals surface area contributed by atoms with Gasteiger partial charge in [0.15, 0.2) is 12.1 Å². The van der Waals surface area contributed by atoms with Crippen molar-refractivity contribution in [2.24, 2.45) is 0 Å². The molecule has 2 aromatic carbocycles. The molecule has 0 fully saturated rings. The van der Waals surface area contributed by atoms with Crippen LogP contribution in [0.4, 0.5) is 0 Å². The molecule has 0 bridgehead atoms. The van der Waals surface area contributed by atoms with Crippen molar-refractivity contribution in [2.75, 3.05) is 0 Å². The van der Waals surface area contributed by atoms with E-state index in [0.717, 1.165) is 11.1 Å². The molecule has 22 heavy (non-hydrogen) atoms. The molecule has 0 aromatic heterocycles. The lowest BCUT2D eigenvalue weighted by atomic mass is 10.0. The third-order valence-corrected chi connectivity index (χ3v) is 3.93. The Morgan fingerprint density at radius 1 is 0.864 bits per heavy atom. The number of aliphatic hydroxyl groups is 2. The second-order valence-electron chi connectivity index (χ2n) is 5.54. The average Bonchev–Trinajstić information content (AvgIpc) is 2.76. The van der Waals surface area contributed by atoms with Crippen LogP contribution in [0.25, 0.3) is 0 Å². The number of benzene rings is 2. The molecule has 0 aliphatic carbocycles. The molecule has 2 N–H and O–H groups in total. The molecule has 3 rings (SSSR count). The van der Waals surface area contributed by atoms with Crippen molar-refractivity contribution in [1.82, 2.24) is 0 Å². The molecule has 116 valence electrons. The predicted molar refractivity (Wildman–Crippen MR) is 81.6 cm³/mol. The predicted octanol–water partition coefficient (Wildman–Crippen LogP) is 2.68. The fourth-order valence-corrected chi connectivity index (χ4v) is 2.59. The van der Waals surface area contributed by atoms with Crippen LogP contribution in [0.5, 0.6) is 0 Å². The van der Waals surface area contributed by atoms with Gasteiger partial charge >= 0.3 is 0 Å². The zero-order chi connectivity index (χ0) is 15.4. The number of fused-ring (bicyclic) bond motifs is 1. The first-order valence-corrected chi connectivity index (χ1v) is 7.45. The first-order valence-electron chi connectivity index (χ1n) is 7.45. The van der Waals surface area contributed by atoms with Crippen LogP contribution in [0, 0.1) is 0 Å². The van der Waals surface area contributed by atoms with Crippen LogP contribution in [0.1, 0.15) is 29.5 Å². The van der Waals surface area contributed by atoms with Gasteiger partial charge in [-0.1, -0.05) is 54.6 Å². The average molecular weight is 300 g/mol. The SMILES string of the molecule is OC(O)(CCC1OCc2ccccc2CO1)c1ccccc1. The number of hydrogen-bond acceptors (Lipinski definition) is 4. The highest BCUT2D eigenvalue weighted by Crippen LogP contribution is 2.27. The van der Waals surface area contributed by atoms with Gasteiger partial charge in [-0.3, -0.25) is 0 Å². The van der Waals surface area contributed by atoms with E-state index in [1.165, 1.54) is 0 Å². The van der Waals surface area contributed by atoms with Gasteiger partial charge in [0, 0.05) is 18.4 Å². The Kier molecular flexibility index (Phi) is 4.55. The minimum absolute atomic E-state index is 0.151. The lowest BCUT2D eigenvalue weighted by Crippen LogP contribution is -2.28. The van der Waals surface area contributed by atoms with Gasteiger partial charge in [-0.25, -0.2) is 0 Å². The highest BCUT2D eigenvalue weighted by molar-refractivity contribution is 5.26. The Morgan fingerprint density at radius 3 is 2.00 bits per heavy atom. The summed E-state index contributed by atoms with van der Waals surface area (Å²) >= 11 is 0. The molecule has 0 unspecified atom stereocenters. The van der Waals surface area contributed by atoms with Gasteiger partial charge in [-0.15, -0.1) is 0 Å². The highest BCUT2D eigenvalue weighted by atomic mass is 16.7. The zero-order valence-corrected chi connectivity index (χ0v) is 12.3. The summed E-state index contributed by atoms with van der Waals surface area (Å²) < 4.78 is 11.4. The van der Waals surface area contributed by atoms with E-state index in [1.54, 1.807) is 24.3 Å². The summed E-state index contributed by atoms with van der Waals surface area (Å²) in [6, 6.07) is 16.8. The van der Waals surface area contributed by atoms with Crippen LogP contribution in [-0.4, -0.2) is 16.5 Å². The third kappa shape index (κ3) is 3.54. The fraction of sp³-hybridized carbons (Fsp3) is 0.333. The topological polar surface area (TPSA) is 58.9 Å². The summed E-state index contributed by atoms with van der Waals surface area (Å²) in [5.41, 5.74) is 2.71. The van der Waals surface area contributed by atoms with Crippen molar-refractivity contribution in [3.63, 3.8) is 0 Å². The maximum atomic E-state index is 10.2. The van der Waals surface area contributed by atoms with Crippen LogP contribution >= 0.6 is 0 Å². The summed E-state index contributed by atoms with van der Waals surface area (Å²) in [4.78, 5) is 0. The summed E-state index contributed by atoms with van der Waals surface area (Å²) in [6.07, 6.45) is 0.128. The smallest absolute Gasteiger partial charge is 0.189 e. The number of hydrogen-bond donors (Lipinski definition) is 2. The molecular weight excluding hydrogens is 280 g/mol. The number of rotatable bonds is 4. The molecule has 4 heteroatoms. The molecule has 0 saturated carbocycles. The van der Waals surface area contributed by atoms with Gasteiger partial charge in [0.05, 0.1) is 13.2 Å². The molecule has 1 heterocycles. The molecule has 1 aliphatic rings. The molecular formula is C18H20O4.